The van der Waals surface area contributed by atoms with E-state index in [2.05, 4.69) is 5.32 Å². The summed E-state index contributed by atoms with van der Waals surface area (Å²) in [5.41, 5.74) is 1.21. The van der Waals surface area contributed by atoms with Crippen LogP contribution in [-0.4, -0.2) is 43.3 Å². The van der Waals surface area contributed by atoms with Crippen LogP contribution in [0, 0.1) is 12.7 Å². The van der Waals surface area contributed by atoms with Gasteiger partial charge >= 0.3 is 0 Å². The Hall–Kier alpha value is -3.72. The van der Waals surface area contributed by atoms with Crippen LogP contribution in [0.4, 0.5) is 10.1 Å². The van der Waals surface area contributed by atoms with Gasteiger partial charge in [0, 0.05) is 12.1 Å². The quantitative estimate of drug-likeness (QED) is 0.429. The molecule has 0 unspecified atom stereocenters. The van der Waals surface area contributed by atoms with Gasteiger partial charge in [-0.05, 0) is 82.1 Å². The van der Waals surface area contributed by atoms with Crippen molar-refractivity contribution < 1.29 is 22.4 Å². The van der Waals surface area contributed by atoms with Gasteiger partial charge in [0.25, 0.3) is 10.0 Å². The molecule has 1 N–H and O–H groups in total. The Morgan fingerprint density at radius 3 is 2.16 bits per heavy atom. The number of anilines is 1. The number of sulfonamides is 1. The minimum atomic E-state index is -4.12. The molecule has 9 heteroatoms. The van der Waals surface area contributed by atoms with Crippen LogP contribution in [0.3, 0.4) is 0 Å². The van der Waals surface area contributed by atoms with Crippen LogP contribution in [0.25, 0.3) is 0 Å². The van der Waals surface area contributed by atoms with Crippen molar-refractivity contribution in [2.45, 2.75) is 57.6 Å². The maximum atomic E-state index is 13.8. The van der Waals surface area contributed by atoms with Gasteiger partial charge in [0.15, 0.2) is 0 Å². The number of benzene rings is 3. The number of rotatable bonds is 9. The van der Waals surface area contributed by atoms with Crippen molar-refractivity contribution >= 4 is 27.5 Å². The zero-order chi connectivity index (χ0) is 28.1. The lowest BCUT2D eigenvalue weighted by Gasteiger charge is -2.33. The first-order valence-corrected chi connectivity index (χ1v) is 13.7. The summed E-state index contributed by atoms with van der Waals surface area (Å²) in [6.45, 7) is 8.37. The van der Waals surface area contributed by atoms with Crippen LogP contribution in [0.2, 0.25) is 0 Å². The van der Waals surface area contributed by atoms with Gasteiger partial charge in [0.1, 0.15) is 18.4 Å². The number of hydrogen-bond donors (Lipinski definition) is 1. The predicted molar refractivity (Wildman–Crippen MR) is 146 cm³/mol. The van der Waals surface area contributed by atoms with Crippen LogP contribution < -0.4 is 9.62 Å². The second-order valence-corrected chi connectivity index (χ2v) is 12.1. The molecule has 0 saturated heterocycles. The molecule has 38 heavy (non-hydrogen) atoms. The number of hydrogen-bond acceptors (Lipinski definition) is 4. The van der Waals surface area contributed by atoms with Gasteiger partial charge < -0.3 is 10.2 Å². The van der Waals surface area contributed by atoms with E-state index in [-0.39, 0.29) is 17.3 Å². The maximum Gasteiger partial charge on any atom is 0.264 e. The van der Waals surface area contributed by atoms with Crippen molar-refractivity contribution in [1.29, 1.82) is 0 Å². The summed E-state index contributed by atoms with van der Waals surface area (Å²) in [7, 11) is -4.12. The highest BCUT2D eigenvalue weighted by atomic mass is 32.2. The Kier molecular flexibility index (Phi) is 8.93. The number of carbonyl (C=O) groups excluding carboxylic acids is 2. The van der Waals surface area contributed by atoms with Crippen LogP contribution in [-0.2, 0) is 26.2 Å². The molecule has 3 rings (SSSR count). The highest BCUT2D eigenvalue weighted by Crippen LogP contribution is 2.25. The normalized spacial score (nSPS) is 12.5. The Labute approximate surface area is 224 Å². The van der Waals surface area contributed by atoms with Crippen LogP contribution in [0.5, 0.6) is 0 Å². The zero-order valence-corrected chi connectivity index (χ0v) is 23.1. The van der Waals surface area contributed by atoms with Crippen LogP contribution >= 0.6 is 0 Å². The predicted octanol–water partition coefficient (Wildman–Crippen LogP) is 4.66. The molecule has 0 aliphatic rings. The SMILES string of the molecule is Cc1cccc(N(CC(=O)N(Cc2ccc(F)cc2)[C@@H](C)C(=O)NC(C)(C)C)S(=O)(=O)c2ccccc2)c1. The molecule has 1 atom stereocenters. The molecule has 0 saturated carbocycles. The van der Waals surface area contributed by atoms with Gasteiger partial charge in [-0.25, -0.2) is 12.8 Å². The van der Waals surface area contributed by atoms with Crippen molar-refractivity contribution in [3.8, 4) is 0 Å². The lowest BCUT2D eigenvalue weighted by Crippen LogP contribution is -2.54. The zero-order valence-electron chi connectivity index (χ0n) is 22.3. The van der Waals surface area contributed by atoms with Gasteiger partial charge in [-0.2, -0.15) is 0 Å². The second-order valence-electron chi connectivity index (χ2n) is 10.2. The van der Waals surface area contributed by atoms with E-state index >= 15 is 0 Å². The maximum absolute atomic E-state index is 13.8. The molecular weight excluding hydrogens is 505 g/mol. The van der Waals surface area contributed by atoms with E-state index < -0.39 is 39.9 Å². The molecule has 0 heterocycles. The van der Waals surface area contributed by atoms with Crippen molar-refractivity contribution in [2.24, 2.45) is 0 Å². The van der Waals surface area contributed by atoms with E-state index in [1.807, 2.05) is 33.8 Å². The summed E-state index contributed by atoms with van der Waals surface area (Å²) in [4.78, 5) is 28.3. The minimum absolute atomic E-state index is 0.00904. The molecule has 0 aromatic heterocycles. The number of aryl methyl sites for hydroxylation is 1. The molecule has 0 aliphatic heterocycles. The number of halogens is 1. The molecule has 0 fully saturated rings. The lowest BCUT2D eigenvalue weighted by atomic mass is 10.1. The van der Waals surface area contributed by atoms with E-state index in [4.69, 9.17) is 0 Å². The Morgan fingerprint density at radius 2 is 1.58 bits per heavy atom. The summed E-state index contributed by atoms with van der Waals surface area (Å²) >= 11 is 0. The van der Waals surface area contributed by atoms with Crippen molar-refractivity contribution in [3.63, 3.8) is 0 Å². The fourth-order valence-corrected chi connectivity index (χ4v) is 5.30. The Balaban J connectivity index is 2.02. The third kappa shape index (κ3) is 7.41. The summed E-state index contributed by atoms with van der Waals surface area (Å²) in [6.07, 6.45) is 0. The highest BCUT2D eigenvalue weighted by molar-refractivity contribution is 7.92. The molecule has 202 valence electrons. The average Bonchev–Trinajstić information content (AvgIpc) is 2.85. The highest BCUT2D eigenvalue weighted by Gasteiger charge is 2.33. The average molecular weight is 540 g/mol. The number of nitrogens with zero attached hydrogens (tertiary/aromatic N) is 2. The molecule has 2 amide bonds. The molecular formula is C29H34FN3O4S. The number of amides is 2. The monoisotopic (exact) mass is 539 g/mol. The first-order valence-electron chi connectivity index (χ1n) is 12.3. The summed E-state index contributed by atoms with van der Waals surface area (Å²) in [5, 5.41) is 2.87. The minimum Gasteiger partial charge on any atom is -0.350 e. The van der Waals surface area contributed by atoms with E-state index in [9.17, 15) is 22.4 Å². The van der Waals surface area contributed by atoms with Crippen molar-refractivity contribution in [2.75, 3.05) is 10.8 Å². The molecule has 7 nitrogen and oxygen atoms in total. The third-order valence-corrected chi connectivity index (χ3v) is 7.62. The molecule has 3 aromatic rings. The fraction of sp³-hybridized carbons (Fsp3) is 0.310. The summed E-state index contributed by atoms with van der Waals surface area (Å²) in [6, 6.07) is 19.4. The van der Waals surface area contributed by atoms with Gasteiger partial charge in [-0.15, -0.1) is 0 Å². The van der Waals surface area contributed by atoms with E-state index in [0.29, 0.717) is 11.3 Å². The molecule has 0 radical (unpaired) electrons. The van der Waals surface area contributed by atoms with E-state index in [0.717, 1.165) is 9.87 Å². The molecule has 0 aliphatic carbocycles. The number of nitrogens with one attached hydrogen (secondary N) is 1. The first-order chi connectivity index (χ1) is 17.8. The lowest BCUT2D eigenvalue weighted by molar-refractivity contribution is -0.140. The number of carbonyl (C=O) groups is 2. The molecule has 3 aromatic carbocycles. The smallest absolute Gasteiger partial charge is 0.264 e. The summed E-state index contributed by atoms with van der Waals surface area (Å²) < 4.78 is 42.0. The van der Waals surface area contributed by atoms with E-state index in [1.54, 1.807) is 43.3 Å². The Bertz CT molecular complexity index is 1370. The third-order valence-electron chi connectivity index (χ3n) is 5.83. The molecule has 0 spiro atoms. The Morgan fingerprint density at radius 1 is 0.947 bits per heavy atom. The van der Waals surface area contributed by atoms with Crippen molar-refractivity contribution in [1.82, 2.24) is 10.2 Å². The second kappa shape index (κ2) is 11.8. The molecule has 0 bridgehead atoms. The fourth-order valence-electron chi connectivity index (χ4n) is 3.87. The summed E-state index contributed by atoms with van der Waals surface area (Å²) in [5.74, 6) is -1.39. The van der Waals surface area contributed by atoms with Gasteiger partial charge in [0.2, 0.25) is 11.8 Å². The van der Waals surface area contributed by atoms with Crippen LogP contribution in [0.15, 0.2) is 83.8 Å². The first kappa shape index (κ1) is 28.8. The van der Waals surface area contributed by atoms with E-state index in [1.165, 1.54) is 41.3 Å². The van der Waals surface area contributed by atoms with Gasteiger partial charge in [-0.3, -0.25) is 13.9 Å². The van der Waals surface area contributed by atoms with Crippen LogP contribution in [0.1, 0.15) is 38.8 Å². The largest absolute Gasteiger partial charge is 0.350 e. The topological polar surface area (TPSA) is 86.8 Å². The standard InChI is InChI=1S/C29H34FN3O4S/c1-21-10-9-11-25(18-21)33(38(36,37)26-12-7-6-8-13-26)20-27(34)32(19-23-14-16-24(30)17-15-23)22(2)28(35)31-29(3,4)5/h6-18,22H,19-20H2,1-5H3,(H,31,35)/t22-/m0/s1. The van der Waals surface area contributed by atoms with Gasteiger partial charge in [-0.1, -0.05) is 42.5 Å². The van der Waals surface area contributed by atoms with Gasteiger partial charge in [0.05, 0.1) is 10.6 Å². The van der Waals surface area contributed by atoms with Crippen molar-refractivity contribution in [3.05, 3.63) is 95.8 Å².